The predicted octanol–water partition coefficient (Wildman–Crippen LogP) is 3.35. The number of aryl methyl sites for hydroxylation is 1. The number of carbonyl (C=O) groups excluding carboxylic acids is 1. The smallest absolute Gasteiger partial charge is 0.311 e. The summed E-state index contributed by atoms with van der Waals surface area (Å²) in [7, 11) is 0. The number of aliphatic hydroxyl groups is 3. The predicted molar refractivity (Wildman–Crippen MR) is 93.0 cm³/mol. The van der Waals surface area contributed by atoms with Crippen molar-refractivity contribution in [1.29, 1.82) is 0 Å². The van der Waals surface area contributed by atoms with Crippen molar-refractivity contribution in [2.45, 2.75) is 64.1 Å². The number of hydrogen-bond donors (Lipinski definition) is 3. The Morgan fingerprint density at radius 2 is 1.79 bits per heavy atom. The zero-order chi connectivity index (χ0) is 18.0. The first-order valence-corrected chi connectivity index (χ1v) is 8.74. The van der Waals surface area contributed by atoms with E-state index in [2.05, 4.69) is 0 Å². The highest BCUT2D eigenvalue weighted by atomic mass is 35.5. The van der Waals surface area contributed by atoms with Crippen LogP contribution in [0.25, 0.3) is 0 Å². The molecule has 0 spiro atoms. The molecule has 1 rings (SSSR count). The highest BCUT2D eigenvalue weighted by molar-refractivity contribution is 6.30. The molecule has 3 N–H and O–H groups in total. The third-order valence-electron chi connectivity index (χ3n) is 3.83. The van der Waals surface area contributed by atoms with Gasteiger partial charge in [-0.25, -0.2) is 0 Å². The summed E-state index contributed by atoms with van der Waals surface area (Å²) >= 11 is 5.84. The van der Waals surface area contributed by atoms with Gasteiger partial charge in [-0.15, -0.1) is 0 Å². The van der Waals surface area contributed by atoms with E-state index in [0.717, 1.165) is 31.2 Å². The molecule has 1 aromatic carbocycles. The van der Waals surface area contributed by atoms with Gasteiger partial charge in [0.1, 0.15) is 5.75 Å². The number of aliphatic hydroxyl groups excluding tert-OH is 1. The zero-order valence-corrected chi connectivity index (χ0v) is 14.9. The van der Waals surface area contributed by atoms with Gasteiger partial charge in [-0.2, -0.15) is 0 Å². The van der Waals surface area contributed by atoms with Gasteiger partial charge in [0.05, 0.1) is 6.42 Å². The second-order valence-electron chi connectivity index (χ2n) is 6.11. The number of halogens is 1. The van der Waals surface area contributed by atoms with Crippen LogP contribution in [0.5, 0.6) is 5.75 Å². The van der Waals surface area contributed by atoms with Crippen LogP contribution in [0, 0.1) is 6.92 Å². The molecule has 0 saturated heterocycles. The first-order chi connectivity index (χ1) is 11.3. The minimum atomic E-state index is -1.86. The van der Waals surface area contributed by atoms with Gasteiger partial charge in [0.2, 0.25) is 0 Å². The molecule has 0 aliphatic heterocycles. The molecule has 0 atom stereocenters. The first kappa shape index (κ1) is 20.9. The quantitative estimate of drug-likeness (QED) is 0.244. The SMILES string of the molecule is Cc1cc(Cl)ccc1OC(=O)CCC(O)(O)CCCCCCCO. The van der Waals surface area contributed by atoms with E-state index in [1.165, 1.54) is 0 Å². The third kappa shape index (κ3) is 8.64. The fraction of sp³-hybridized carbons (Fsp3) is 0.611. The van der Waals surface area contributed by atoms with Crippen molar-refractivity contribution in [1.82, 2.24) is 0 Å². The fourth-order valence-electron chi connectivity index (χ4n) is 2.38. The number of unbranched alkanes of at least 4 members (excludes halogenated alkanes) is 4. The summed E-state index contributed by atoms with van der Waals surface area (Å²) in [6, 6.07) is 4.95. The van der Waals surface area contributed by atoms with Crippen LogP contribution < -0.4 is 4.74 Å². The molecule has 5 nitrogen and oxygen atoms in total. The van der Waals surface area contributed by atoms with E-state index in [9.17, 15) is 15.0 Å². The largest absolute Gasteiger partial charge is 0.426 e. The summed E-state index contributed by atoms with van der Waals surface area (Å²) in [6.07, 6.45) is 4.30. The van der Waals surface area contributed by atoms with Gasteiger partial charge in [0.25, 0.3) is 0 Å². The summed E-state index contributed by atoms with van der Waals surface area (Å²) in [5, 5.41) is 29.1. The topological polar surface area (TPSA) is 87.0 Å². The molecule has 0 aliphatic carbocycles. The highest BCUT2D eigenvalue weighted by Crippen LogP contribution is 2.23. The summed E-state index contributed by atoms with van der Waals surface area (Å²) < 4.78 is 5.22. The number of esters is 1. The Labute approximate surface area is 148 Å². The summed E-state index contributed by atoms with van der Waals surface area (Å²) in [6.45, 7) is 1.98. The fourth-order valence-corrected chi connectivity index (χ4v) is 2.61. The van der Waals surface area contributed by atoms with Gasteiger partial charge in [0.15, 0.2) is 5.79 Å². The molecule has 0 unspecified atom stereocenters. The molecular weight excluding hydrogens is 332 g/mol. The molecule has 0 radical (unpaired) electrons. The van der Waals surface area contributed by atoms with Crippen molar-refractivity contribution in [2.24, 2.45) is 0 Å². The van der Waals surface area contributed by atoms with E-state index < -0.39 is 11.8 Å². The summed E-state index contributed by atoms with van der Waals surface area (Å²) in [5.74, 6) is -1.93. The molecule has 0 fully saturated rings. The van der Waals surface area contributed by atoms with Crippen LogP contribution >= 0.6 is 11.6 Å². The molecule has 136 valence electrons. The Morgan fingerprint density at radius 1 is 1.12 bits per heavy atom. The Morgan fingerprint density at radius 3 is 2.46 bits per heavy atom. The van der Waals surface area contributed by atoms with Crippen molar-refractivity contribution in [3.63, 3.8) is 0 Å². The zero-order valence-electron chi connectivity index (χ0n) is 14.1. The second-order valence-corrected chi connectivity index (χ2v) is 6.54. The van der Waals surface area contributed by atoms with E-state index in [0.29, 0.717) is 17.2 Å². The molecular formula is C18H27ClO5. The van der Waals surface area contributed by atoms with Crippen molar-refractivity contribution in [3.05, 3.63) is 28.8 Å². The standard InChI is InChI=1S/C18H27ClO5/c1-14-13-15(19)7-8-16(14)24-17(21)9-11-18(22,23)10-5-3-2-4-6-12-20/h7-8,13,20,22-23H,2-6,9-12H2,1H3. The Balaban J connectivity index is 2.28. The highest BCUT2D eigenvalue weighted by Gasteiger charge is 2.24. The minimum Gasteiger partial charge on any atom is -0.426 e. The third-order valence-corrected chi connectivity index (χ3v) is 4.06. The van der Waals surface area contributed by atoms with Crippen LogP contribution in [0.15, 0.2) is 18.2 Å². The molecule has 0 aromatic heterocycles. The van der Waals surface area contributed by atoms with Crippen molar-refractivity contribution in [2.75, 3.05) is 6.61 Å². The monoisotopic (exact) mass is 358 g/mol. The lowest BCUT2D eigenvalue weighted by atomic mass is 10.0. The van der Waals surface area contributed by atoms with Crippen molar-refractivity contribution >= 4 is 17.6 Å². The van der Waals surface area contributed by atoms with Crippen LogP contribution in [0.1, 0.15) is 56.9 Å². The minimum absolute atomic E-state index is 0.0604. The summed E-state index contributed by atoms with van der Waals surface area (Å²) in [4.78, 5) is 11.8. The molecule has 1 aromatic rings. The van der Waals surface area contributed by atoms with E-state index >= 15 is 0 Å². The number of benzene rings is 1. The lowest BCUT2D eigenvalue weighted by Gasteiger charge is -2.21. The molecule has 0 amide bonds. The van der Waals surface area contributed by atoms with Gasteiger partial charge >= 0.3 is 5.97 Å². The average Bonchev–Trinajstić information content (AvgIpc) is 2.52. The maximum Gasteiger partial charge on any atom is 0.311 e. The maximum absolute atomic E-state index is 11.8. The lowest BCUT2D eigenvalue weighted by Crippen LogP contribution is -2.29. The number of hydrogen-bond acceptors (Lipinski definition) is 5. The van der Waals surface area contributed by atoms with E-state index in [4.69, 9.17) is 21.4 Å². The van der Waals surface area contributed by atoms with E-state index in [-0.39, 0.29) is 25.9 Å². The first-order valence-electron chi connectivity index (χ1n) is 8.36. The molecule has 0 bridgehead atoms. The Hall–Kier alpha value is -1.14. The average molecular weight is 359 g/mol. The van der Waals surface area contributed by atoms with Crippen molar-refractivity contribution in [3.8, 4) is 5.75 Å². The van der Waals surface area contributed by atoms with Crippen LogP contribution in [0.2, 0.25) is 5.02 Å². The van der Waals surface area contributed by atoms with Crippen LogP contribution in [0.3, 0.4) is 0 Å². The van der Waals surface area contributed by atoms with Gasteiger partial charge in [-0.3, -0.25) is 4.79 Å². The normalized spacial score (nSPS) is 11.5. The Bertz CT molecular complexity index is 516. The molecule has 0 saturated carbocycles. The van der Waals surface area contributed by atoms with Gasteiger partial charge < -0.3 is 20.1 Å². The number of rotatable bonds is 11. The van der Waals surface area contributed by atoms with E-state index in [1.807, 2.05) is 0 Å². The van der Waals surface area contributed by atoms with Crippen LogP contribution in [-0.4, -0.2) is 33.7 Å². The van der Waals surface area contributed by atoms with Crippen molar-refractivity contribution < 1.29 is 24.9 Å². The van der Waals surface area contributed by atoms with Gasteiger partial charge in [-0.1, -0.05) is 30.9 Å². The number of ether oxygens (including phenoxy) is 1. The lowest BCUT2D eigenvalue weighted by molar-refractivity contribution is -0.176. The summed E-state index contributed by atoms with van der Waals surface area (Å²) in [5.41, 5.74) is 0.748. The van der Waals surface area contributed by atoms with E-state index in [1.54, 1.807) is 25.1 Å². The Kier molecular flexibility index (Phi) is 9.29. The second kappa shape index (κ2) is 10.7. The van der Waals surface area contributed by atoms with Gasteiger partial charge in [-0.05, 0) is 43.5 Å². The molecule has 0 aliphatic rings. The van der Waals surface area contributed by atoms with Gasteiger partial charge in [0, 0.05) is 24.5 Å². The maximum atomic E-state index is 11.8. The molecule has 0 heterocycles. The van der Waals surface area contributed by atoms with Crippen LogP contribution in [0.4, 0.5) is 0 Å². The molecule has 24 heavy (non-hydrogen) atoms. The number of carbonyl (C=O) groups is 1. The van der Waals surface area contributed by atoms with Crippen LogP contribution in [-0.2, 0) is 4.79 Å². The molecule has 6 heteroatoms.